The first-order valence-corrected chi connectivity index (χ1v) is 15.7. The molecule has 0 bridgehead atoms. The van der Waals surface area contributed by atoms with E-state index in [1.165, 1.54) is 0 Å². The van der Waals surface area contributed by atoms with E-state index >= 15 is 0 Å². The van der Waals surface area contributed by atoms with Gasteiger partial charge in [0.2, 0.25) is 0 Å². The lowest BCUT2D eigenvalue weighted by Crippen LogP contribution is -2.61. The molecule has 0 aromatic rings. The Morgan fingerprint density at radius 1 is 0.659 bits per heavy atom. The third kappa shape index (κ3) is 7.39. The quantitative estimate of drug-likeness (QED) is 0.150. The molecule has 4 fully saturated rings. The second kappa shape index (κ2) is 13.7. The Balaban J connectivity index is 1.43. The normalized spacial score (nSPS) is 54.1. The molecular formula is C28H47BCl2O10. The highest BCUT2D eigenvalue weighted by Gasteiger charge is 2.52. The van der Waals surface area contributed by atoms with Gasteiger partial charge in [0.25, 0.3) is 0 Å². The minimum Gasteiger partial charge on any atom is -0.394 e. The summed E-state index contributed by atoms with van der Waals surface area (Å²) in [5, 5.41) is 81.6. The average Bonchev–Trinajstić information content (AvgIpc) is 2.99. The minimum absolute atomic E-state index is 0.113. The third-order valence-electron chi connectivity index (χ3n) is 10.3. The molecule has 2 saturated carbocycles. The van der Waals surface area contributed by atoms with Crippen molar-refractivity contribution >= 4 is 31.0 Å². The van der Waals surface area contributed by atoms with Crippen LogP contribution in [-0.4, -0.2) is 133 Å². The molecule has 0 aromatic carbocycles. The van der Waals surface area contributed by atoms with E-state index in [9.17, 15) is 40.9 Å². The Kier molecular flexibility index (Phi) is 11.4. The summed E-state index contributed by atoms with van der Waals surface area (Å²) < 4.78 is 10.6. The molecule has 2 aliphatic heterocycles. The van der Waals surface area contributed by atoms with Gasteiger partial charge in [0.15, 0.2) is 0 Å². The maximum atomic E-state index is 10.7. The fourth-order valence-electron chi connectivity index (χ4n) is 8.04. The summed E-state index contributed by atoms with van der Waals surface area (Å²) in [5.41, 5.74) is 0. The summed E-state index contributed by atoms with van der Waals surface area (Å²) in [6, 6.07) is 0. The monoisotopic (exact) mass is 624 g/mol. The van der Waals surface area contributed by atoms with Crippen molar-refractivity contribution in [1.29, 1.82) is 0 Å². The molecule has 4 rings (SSSR count). The van der Waals surface area contributed by atoms with Crippen LogP contribution >= 0.6 is 23.2 Å². The highest BCUT2D eigenvalue weighted by molar-refractivity contribution is 6.44. The van der Waals surface area contributed by atoms with Crippen molar-refractivity contribution in [2.24, 2.45) is 23.7 Å². The molecule has 2 aliphatic carbocycles. The van der Waals surface area contributed by atoms with Crippen LogP contribution in [0.1, 0.15) is 64.7 Å². The first-order chi connectivity index (χ1) is 19.2. The van der Waals surface area contributed by atoms with Gasteiger partial charge in [-0.1, -0.05) is 12.8 Å². The van der Waals surface area contributed by atoms with Gasteiger partial charge in [-0.3, -0.25) is 0 Å². The number of aliphatic hydroxyl groups excluding tert-OH is 8. The van der Waals surface area contributed by atoms with Crippen LogP contribution in [0.25, 0.3) is 0 Å². The third-order valence-corrected chi connectivity index (χ3v) is 11.1. The van der Waals surface area contributed by atoms with E-state index in [1.54, 1.807) is 0 Å². The molecule has 41 heavy (non-hydrogen) atoms. The number of hydrogen-bond acceptors (Lipinski definition) is 10. The van der Waals surface area contributed by atoms with Gasteiger partial charge in [-0.05, 0) is 75.5 Å². The molecule has 8 N–H and O–H groups in total. The highest BCUT2D eigenvalue weighted by Crippen LogP contribution is 2.51. The fourth-order valence-corrected chi connectivity index (χ4v) is 8.84. The second-order valence-electron chi connectivity index (χ2n) is 13.2. The molecule has 2 radical (unpaired) electrons. The van der Waals surface area contributed by atoms with E-state index < -0.39 is 83.9 Å². The summed E-state index contributed by atoms with van der Waals surface area (Å²) in [7, 11) is 6.56. The van der Waals surface area contributed by atoms with Crippen LogP contribution in [-0.2, 0) is 9.47 Å². The number of rotatable bonds is 5. The van der Waals surface area contributed by atoms with Crippen molar-refractivity contribution in [3.05, 3.63) is 0 Å². The lowest BCUT2D eigenvalue weighted by atomic mass is 9.64. The lowest BCUT2D eigenvalue weighted by molar-refractivity contribution is -0.244. The van der Waals surface area contributed by atoms with Crippen molar-refractivity contribution in [3.63, 3.8) is 0 Å². The van der Waals surface area contributed by atoms with E-state index in [0.29, 0.717) is 32.1 Å². The van der Waals surface area contributed by atoms with E-state index in [0.717, 1.165) is 25.7 Å². The van der Waals surface area contributed by atoms with Crippen molar-refractivity contribution in [2.45, 2.75) is 135 Å². The molecule has 0 spiro atoms. The van der Waals surface area contributed by atoms with Crippen LogP contribution in [0.4, 0.5) is 0 Å². The number of aliphatic hydroxyl groups is 8. The standard InChI is InChI=1S/C28H47BCl2O10/c1-27(30)9-15(26-24(39)22(37)20(35)18(12-33)41-26)5-6-16(27)13-3-2-4-14(10-28(29,31)8-7-13)25-23(38)21(36)19(34)17(11-32)40-25/h13-26,32-39H,2-12H2,1H3/t13?,14?,15?,16?,17-,18-,19-,20-,21+,22+,23+,24+,25-,26-,27?,28?/m1/s1. The maximum absolute atomic E-state index is 10.7. The molecular weight excluding hydrogens is 578 g/mol. The molecule has 0 amide bonds. The molecule has 236 valence electrons. The predicted molar refractivity (Wildman–Crippen MR) is 152 cm³/mol. The second-order valence-corrected chi connectivity index (χ2v) is 14.9. The van der Waals surface area contributed by atoms with Crippen LogP contribution in [0.3, 0.4) is 0 Å². The first kappa shape index (κ1) is 34.1. The van der Waals surface area contributed by atoms with Gasteiger partial charge < -0.3 is 50.3 Å². The number of hydrogen-bond donors (Lipinski definition) is 8. The molecule has 16 atom stereocenters. The van der Waals surface area contributed by atoms with Gasteiger partial charge in [0, 0.05) is 9.65 Å². The van der Waals surface area contributed by atoms with Gasteiger partial charge in [0.1, 0.15) is 48.8 Å². The highest BCUT2D eigenvalue weighted by atomic mass is 35.5. The van der Waals surface area contributed by atoms with Crippen LogP contribution in [0.15, 0.2) is 0 Å². The number of ether oxygens (including phenoxy) is 2. The Morgan fingerprint density at radius 2 is 1.15 bits per heavy atom. The SMILES string of the molecule is [B]C1(Cl)CCC(C2CCC([C@H]3O[C@H](CO)[C@@H](O)[C@H](O)[C@@H]3O)CC2(C)Cl)CCCC([C@H]2O[C@H](CO)[C@@H](O)[C@H](O)[C@@H]2O)C1. The zero-order valence-corrected chi connectivity index (χ0v) is 25.1. The first-order valence-electron chi connectivity index (χ1n) is 15.0. The Morgan fingerprint density at radius 3 is 1.63 bits per heavy atom. The van der Waals surface area contributed by atoms with Crippen molar-refractivity contribution < 1.29 is 50.3 Å². The summed E-state index contributed by atoms with van der Waals surface area (Å²) in [6.45, 7) is 1.01. The summed E-state index contributed by atoms with van der Waals surface area (Å²) >= 11 is 14.0. The van der Waals surface area contributed by atoms with Gasteiger partial charge in [0.05, 0.1) is 33.3 Å². The average molecular weight is 625 g/mol. The zero-order chi connectivity index (χ0) is 30.3. The molecule has 0 aromatic heterocycles. The largest absolute Gasteiger partial charge is 0.394 e. The Hall–Kier alpha value is 0.245. The molecule has 10 nitrogen and oxygen atoms in total. The van der Waals surface area contributed by atoms with Crippen LogP contribution in [0, 0.1) is 23.7 Å². The predicted octanol–water partition coefficient (Wildman–Crippen LogP) is -0.225. The van der Waals surface area contributed by atoms with E-state index in [-0.39, 0.29) is 23.7 Å². The maximum Gasteiger partial charge on any atom is 0.111 e. The number of halogens is 2. The minimum atomic E-state index is -1.45. The van der Waals surface area contributed by atoms with Crippen LogP contribution in [0.5, 0.6) is 0 Å². The van der Waals surface area contributed by atoms with Gasteiger partial charge in [-0.25, -0.2) is 0 Å². The van der Waals surface area contributed by atoms with Gasteiger partial charge in [-0.15, -0.1) is 23.2 Å². The molecule has 6 unspecified atom stereocenters. The smallest absolute Gasteiger partial charge is 0.111 e. The molecule has 13 heteroatoms. The van der Waals surface area contributed by atoms with Gasteiger partial charge >= 0.3 is 0 Å². The summed E-state index contributed by atoms with van der Waals surface area (Å²) in [4.78, 5) is -0.652. The summed E-state index contributed by atoms with van der Waals surface area (Å²) in [6.07, 6.45) is -6.14. The molecule has 4 aliphatic rings. The van der Waals surface area contributed by atoms with Crippen molar-refractivity contribution in [3.8, 4) is 0 Å². The van der Waals surface area contributed by atoms with Crippen LogP contribution < -0.4 is 0 Å². The molecule has 2 saturated heterocycles. The van der Waals surface area contributed by atoms with Gasteiger partial charge in [-0.2, -0.15) is 0 Å². The van der Waals surface area contributed by atoms with E-state index in [2.05, 4.69) is 0 Å². The topological polar surface area (TPSA) is 180 Å². The van der Waals surface area contributed by atoms with Crippen molar-refractivity contribution in [1.82, 2.24) is 0 Å². The van der Waals surface area contributed by atoms with Crippen molar-refractivity contribution in [2.75, 3.05) is 13.2 Å². The Labute approximate surface area is 253 Å². The zero-order valence-electron chi connectivity index (χ0n) is 23.6. The van der Waals surface area contributed by atoms with E-state index in [4.69, 9.17) is 40.5 Å². The fraction of sp³-hybridized carbons (Fsp3) is 1.00. The molecule has 2 heterocycles. The van der Waals surface area contributed by atoms with Crippen LogP contribution in [0.2, 0.25) is 0 Å². The Bertz CT molecular complexity index is 851. The lowest BCUT2D eigenvalue weighted by Gasteiger charge is -2.50. The summed E-state index contributed by atoms with van der Waals surface area (Å²) in [5.74, 6) is -0.162. The van der Waals surface area contributed by atoms with E-state index in [1.807, 2.05) is 6.92 Å². The number of alkyl halides is 2.